The Kier molecular flexibility index (Phi) is 42.7. The fourth-order valence-corrected chi connectivity index (χ4v) is 14.9. The number of fused-ring (bicyclic) bond motifs is 1. The second-order valence-corrected chi connectivity index (χ2v) is 33.8. The molecule has 12 atom stereocenters. The number of carbonyl (C=O) groups excluding carboxylic acids is 17. The van der Waals surface area contributed by atoms with E-state index in [9.17, 15) is 57.8 Å². The highest BCUT2D eigenvalue weighted by Gasteiger charge is 2.41. The number of hydrogen-bond acceptors (Lipinski definition) is 20. The zero-order chi connectivity index (χ0) is 96.7. The van der Waals surface area contributed by atoms with E-state index in [1.54, 1.807) is 56.3 Å². The lowest BCUT2D eigenvalue weighted by Crippen LogP contribution is -2.62. The number of unbranched alkanes of at least 4 members (excludes halogenated alkanes) is 1. The number of nitrogens with zero attached hydrogens (tertiary/aromatic N) is 2. The maximum Gasteiger partial charge on any atom is 0.312 e. The number of likely N-dealkylation sites (tertiary alicyclic amines) is 1. The van der Waals surface area contributed by atoms with E-state index in [0.29, 0.717) is 53.1 Å². The molecule has 6 aromatic rings. The number of benzene rings is 5. The number of urea groups is 2. The average Bonchev–Trinajstić information content (AvgIpc) is 1.67. The number of aliphatic hydroxyl groups excluding tert-OH is 1. The van der Waals surface area contributed by atoms with Crippen LogP contribution in [0.2, 0.25) is 5.02 Å². The fraction of sp³-hybridized carbons (Fsp3) is 0.457. The number of carbonyl (C=O) groups is 17. The Morgan fingerprint density at radius 3 is 1.28 bits per heavy atom. The number of aromatic nitrogens is 1. The molecule has 0 bridgehead atoms. The molecule has 1 saturated heterocycles. The van der Waals surface area contributed by atoms with E-state index in [-0.39, 0.29) is 113 Å². The van der Waals surface area contributed by atoms with Gasteiger partial charge in [0, 0.05) is 107 Å². The number of nitrogens with two attached hydrogens (primary N) is 3. The van der Waals surface area contributed by atoms with Crippen LogP contribution in [0.25, 0.3) is 10.8 Å². The van der Waals surface area contributed by atoms with Gasteiger partial charge in [-0.05, 0) is 165 Å². The predicted molar refractivity (Wildman–Crippen MR) is 493 cm³/mol. The largest absolute Gasteiger partial charge is 0.394 e. The molecule has 1 aromatic heterocycles. The van der Waals surface area contributed by atoms with E-state index in [4.69, 9.17) is 28.8 Å². The van der Waals surface area contributed by atoms with Crippen molar-refractivity contribution in [2.75, 3.05) is 43.4 Å². The Labute approximate surface area is 771 Å². The highest BCUT2D eigenvalue weighted by Crippen LogP contribution is 2.24. The number of pyridine rings is 1. The summed E-state index contributed by atoms with van der Waals surface area (Å²) in [6.07, 6.45) is 3.63. The van der Waals surface area contributed by atoms with Crippen LogP contribution in [0, 0.1) is 5.92 Å². The molecule has 0 unspecified atom stereocenters. The molecule has 19 amide bonds. The Morgan fingerprint density at radius 2 is 0.833 bits per heavy atom. The van der Waals surface area contributed by atoms with E-state index in [2.05, 4.69) is 90.1 Å². The van der Waals surface area contributed by atoms with Crippen molar-refractivity contribution < 1.29 is 86.6 Å². The minimum absolute atomic E-state index is 0.0127. The quantitative estimate of drug-likeness (QED) is 0.0239. The Hall–Kier alpha value is -13.7. The molecule has 23 N–H and O–H groups in total. The molecule has 0 spiro atoms. The van der Waals surface area contributed by atoms with Gasteiger partial charge in [0.1, 0.15) is 72.5 Å². The van der Waals surface area contributed by atoms with Gasteiger partial charge < -0.3 is 112 Å². The van der Waals surface area contributed by atoms with Crippen LogP contribution in [0.3, 0.4) is 0 Å². The van der Waals surface area contributed by atoms with Gasteiger partial charge in [-0.15, -0.1) is 0 Å². The van der Waals surface area contributed by atoms with Crippen molar-refractivity contribution >= 4 is 134 Å². The summed E-state index contributed by atoms with van der Waals surface area (Å²) in [4.78, 5) is 241. The SMILES string of the molecule is CC(=O)N[C@H](CCCNC(N)=O)C(=O)Nc1ccc(C[C@H](NC(=O)[C@H](CO)NC(=O)[C@@H](Cc2cccnc2)NC(=O)[C@@H](Cc2ccc(Cl)cc2)NC(=O)[C@@H](Cc2ccc3ccccc3c2)NC(C)=O)C(=O)N[C@H](Cc2ccc(NC(=O)[C@@H](CCCNC(N)=O)NC(C)=O)cc2)C(=O)N[C@@H](CC(C)C)C(=O)N[C@@H](CCCCNC(C)C)C(=O)N2CCC[C@H]2C(=O)N[C@H](C)C(N)=O)cc1. The van der Waals surface area contributed by atoms with Gasteiger partial charge in [-0.1, -0.05) is 124 Å². The van der Waals surface area contributed by atoms with Gasteiger partial charge in [0.15, 0.2) is 0 Å². The van der Waals surface area contributed by atoms with E-state index in [1.807, 2.05) is 50.2 Å². The molecule has 0 saturated carbocycles. The molecule has 39 nitrogen and oxygen atoms in total. The number of halogens is 1. The second kappa shape index (κ2) is 53.5. The number of aliphatic hydroxyl groups is 1. The average molecular weight is 1850 g/mol. The first kappa shape index (κ1) is 105. The predicted octanol–water partition coefficient (Wildman–Crippen LogP) is 1.27. The van der Waals surface area contributed by atoms with E-state index in [0.717, 1.165) is 10.8 Å². The third-order valence-corrected chi connectivity index (χ3v) is 21.8. The summed E-state index contributed by atoms with van der Waals surface area (Å²) in [5, 5.41) is 56.6. The van der Waals surface area contributed by atoms with Crippen molar-refractivity contribution in [2.24, 2.45) is 23.1 Å². The summed E-state index contributed by atoms with van der Waals surface area (Å²) < 4.78 is 0. The van der Waals surface area contributed by atoms with E-state index >= 15 is 28.8 Å². The lowest BCUT2D eigenvalue weighted by Gasteiger charge is -2.31. The summed E-state index contributed by atoms with van der Waals surface area (Å²) in [5.74, 6) is -12.2. The maximum atomic E-state index is 15.8. The van der Waals surface area contributed by atoms with E-state index in [1.165, 1.54) is 93.5 Å². The van der Waals surface area contributed by atoms with Crippen molar-refractivity contribution in [3.05, 3.63) is 173 Å². The van der Waals surface area contributed by atoms with Crippen LogP contribution < -0.4 is 102 Å². The van der Waals surface area contributed by atoms with E-state index < -0.39 is 193 Å². The van der Waals surface area contributed by atoms with Crippen LogP contribution in [-0.4, -0.2) is 227 Å². The molecule has 5 aromatic carbocycles. The standard InChI is InChI=1S/C92H124ClN21O18/c1-52(2)43-71(82(122)107-70(20-11-12-39-98-53(3)4)90(130)114-42-16-23-78(114)89(129)101-54(5)79(94)119)108-84(124)74(46-59-27-34-66(35-28-59)105-80(120)68(102-55(6)116)21-14-40-99-91(95)131)110-86(126)75(47-60-29-36-67(37-30-60)106-81(121)69(103-56(7)117)22-15-41-100-92(96)132)112-88(128)77(51-115)113-87(127)76(49-62-17-13-38-97-50-62)111-85(125)73(45-58-25-32-65(93)33-26-58)109-83(123)72(104-57(8)118)48-61-24-31-63-18-9-10-19-64(63)44-61/h9-10,13,17-19,24-38,44,50,52-54,68-78,98,115H,11-12,14-16,20-23,39-43,45-49,51H2,1-8H3,(H2,94,119)(H,101,129)(H,102,116)(H,103,117)(H,104,118)(H,105,120)(H,106,121)(H,107,122)(H,108,124)(H,109,123)(H,110,126)(H,111,125)(H,112,128)(H,113,127)(H3,95,99,131)(H3,96,100,132)/t54-,68-,69-,70+,71+,72-,73-,74-,75+,76-,77+,78+/m1/s1. The third-order valence-electron chi connectivity index (χ3n) is 21.5. The monoisotopic (exact) mass is 1850 g/mol. The van der Waals surface area contributed by atoms with Gasteiger partial charge >= 0.3 is 12.1 Å². The molecule has 1 aliphatic heterocycles. The lowest BCUT2D eigenvalue weighted by atomic mass is 9.99. The van der Waals surface area contributed by atoms with Crippen LogP contribution in [0.4, 0.5) is 21.0 Å². The van der Waals surface area contributed by atoms with Gasteiger partial charge in [-0.3, -0.25) is 76.9 Å². The highest BCUT2D eigenvalue weighted by atomic mass is 35.5. The Balaban J connectivity index is 1.27. The number of nitrogens with one attached hydrogen (secondary N) is 16. The number of anilines is 2. The highest BCUT2D eigenvalue weighted by molar-refractivity contribution is 6.30. The molecule has 132 heavy (non-hydrogen) atoms. The lowest BCUT2D eigenvalue weighted by molar-refractivity contribution is -0.142. The number of primary amides is 3. The van der Waals surface area contributed by atoms with Gasteiger partial charge in [0.05, 0.1) is 6.61 Å². The van der Waals surface area contributed by atoms with Crippen molar-refractivity contribution in [2.45, 2.75) is 230 Å². The Morgan fingerprint density at radius 1 is 0.424 bits per heavy atom. The van der Waals surface area contributed by atoms with Crippen molar-refractivity contribution in [3.8, 4) is 0 Å². The van der Waals surface area contributed by atoms with Crippen LogP contribution in [-0.2, 0) is 104 Å². The molecular weight excluding hydrogens is 1720 g/mol. The molecule has 712 valence electrons. The molecule has 1 aliphatic rings. The smallest absolute Gasteiger partial charge is 0.312 e. The number of hydrogen-bond donors (Lipinski definition) is 20. The number of rotatable bonds is 52. The molecule has 7 rings (SSSR count). The van der Waals surface area contributed by atoms with Gasteiger partial charge in [0.2, 0.25) is 88.6 Å². The van der Waals surface area contributed by atoms with Crippen molar-refractivity contribution in [3.63, 3.8) is 0 Å². The maximum absolute atomic E-state index is 15.8. The van der Waals surface area contributed by atoms with Crippen LogP contribution in [0.15, 0.2) is 140 Å². The summed E-state index contributed by atoms with van der Waals surface area (Å²) in [6.45, 7) is 12.2. The van der Waals surface area contributed by atoms with Gasteiger partial charge in [0.25, 0.3) is 0 Å². The normalized spacial score (nSPS) is 14.8. The summed E-state index contributed by atoms with van der Waals surface area (Å²) in [5.41, 5.74) is 18.5. The first-order valence-electron chi connectivity index (χ1n) is 44.0. The first-order chi connectivity index (χ1) is 62.8. The minimum atomic E-state index is -1.97. The molecule has 0 radical (unpaired) electrons. The summed E-state index contributed by atoms with van der Waals surface area (Å²) >= 11 is 6.30. The molecule has 40 heteroatoms. The fourth-order valence-electron chi connectivity index (χ4n) is 14.8. The van der Waals surface area contributed by atoms with Crippen LogP contribution in [0.5, 0.6) is 0 Å². The van der Waals surface area contributed by atoms with Crippen molar-refractivity contribution in [1.82, 2.24) is 84.3 Å². The number of amides is 19. The first-order valence-corrected chi connectivity index (χ1v) is 44.3. The topological polar surface area (TPSA) is 597 Å². The van der Waals surface area contributed by atoms with Crippen molar-refractivity contribution in [1.29, 1.82) is 0 Å². The Bertz CT molecular complexity index is 4980. The third kappa shape index (κ3) is 36.3. The second-order valence-electron chi connectivity index (χ2n) is 33.4. The van der Waals surface area contributed by atoms with Gasteiger partial charge in [-0.2, -0.15) is 0 Å². The summed E-state index contributed by atoms with van der Waals surface area (Å²) in [6, 6.07) is 16.0. The zero-order valence-corrected chi connectivity index (χ0v) is 76.2. The van der Waals surface area contributed by atoms with Crippen LogP contribution in [0.1, 0.15) is 147 Å². The minimum Gasteiger partial charge on any atom is -0.394 e. The zero-order valence-electron chi connectivity index (χ0n) is 75.4. The summed E-state index contributed by atoms with van der Waals surface area (Å²) in [7, 11) is 0. The molecular formula is C92H124ClN21O18. The molecule has 0 aliphatic carbocycles. The van der Waals surface area contributed by atoms with Gasteiger partial charge in [-0.25, -0.2) is 9.59 Å². The molecule has 1 fully saturated rings. The van der Waals surface area contributed by atoms with Crippen LogP contribution >= 0.6 is 11.6 Å². The molecule has 2 heterocycles.